The van der Waals surface area contributed by atoms with Gasteiger partial charge in [0.2, 0.25) is 0 Å². The number of nitrogens with zero attached hydrogens (tertiary/aromatic N) is 1. The molecular weight excluding hydrogens is 146 g/mol. The minimum absolute atomic E-state index is 0.693. The number of benzene rings is 1. The summed E-state index contributed by atoms with van der Waals surface area (Å²) in [5.41, 5.74) is 3.94. The Morgan fingerprint density at radius 2 is 2.17 bits per heavy atom. The molecule has 0 saturated heterocycles. The number of nitriles is 1. The Kier molecular flexibility index (Phi) is 2.30. The van der Waals surface area contributed by atoms with E-state index in [-0.39, 0.29) is 0 Å². The van der Waals surface area contributed by atoms with Crippen molar-refractivity contribution in [3.05, 3.63) is 41.5 Å². The molecular formula is C11H11N. The van der Waals surface area contributed by atoms with Crippen LogP contribution in [0.5, 0.6) is 0 Å². The molecule has 0 unspecified atom stereocenters. The molecule has 0 aliphatic carbocycles. The highest BCUT2D eigenvalue weighted by atomic mass is 14.2. The fourth-order valence-electron chi connectivity index (χ4n) is 1.15. The monoisotopic (exact) mass is 157 g/mol. The molecule has 1 aromatic carbocycles. The molecule has 0 aromatic heterocycles. The van der Waals surface area contributed by atoms with Crippen LogP contribution in [0.1, 0.15) is 23.6 Å². The lowest BCUT2D eigenvalue weighted by atomic mass is 10.0. The predicted molar refractivity (Wildman–Crippen MR) is 50.6 cm³/mol. The molecule has 1 rings (SSSR count). The van der Waals surface area contributed by atoms with Crippen molar-refractivity contribution < 1.29 is 0 Å². The maximum Gasteiger partial charge on any atom is 0.0991 e. The van der Waals surface area contributed by atoms with Crippen molar-refractivity contribution in [3.8, 4) is 6.07 Å². The van der Waals surface area contributed by atoms with Gasteiger partial charge in [-0.3, -0.25) is 0 Å². The summed E-state index contributed by atoms with van der Waals surface area (Å²) in [4.78, 5) is 0. The highest BCUT2D eigenvalue weighted by Gasteiger charge is 1.99. The summed E-state index contributed by atoms with van der Waals surface area (Å²) in [5, 5.41) is 8.66. The first-order valence-corrected chi connectivity index (χ1v) is 3.82. The van der Waals surface area contributed by atoms with E-state index in [2.05, 4.69) is 12.6 Å². The second-order valence-electron chi connectivity index (χ2n) is 2.92. The molecule has 0 spiro atoms. The summed E-state index contributed by atoms with van der Waals surface area (Å²) in [6.45, 7) is 7.82. The van der Waals surface area contributed by atoms with Crippen LogP contribution in [0.3, 0.4) is 0 Å². The van der Waals surface area contributed by atoms with E-state index in [0.29, 0.717) is 5.56 Å². The molecule has 0 heterocycles. The molecule has 0 aliphatic rings. The number of aryl methyl sites for hydroxylation is 1. The Balaban J connectivity index is 3.28. The van der Waals surface area contributed by atoms with Gasteiger partial charge >= 0.3 is 0 Å². The first-order valence-electron chi connectivity index (χ1n) is 3.82. The number of hydrogen-bond acceptors (Lipinski definition) is 1. The van der Waals surface area contributed by atoms with E-state index in [0.717, 1.165) is 11.1 Å². The quantitative estimate of drug-likeness (QED) is 0.615. The Labute approximate surface area is 73.0 Å². The molecule has 1 nitrogen and oxygen atoms in total. The van der Waals surface area contributed by atoms with Crippen LogP contribution in [-0.2, 0) is 0 Å². The highest BCUT2D eigenvalue weighted by molar-refractivity contribution is 5.65. The molecule has 0 radical (unpaired) electrons. The molecule has 0 N–H and O–H groups in total. The van der Waals surface area contributed by atoms with Gasteiger partial charge in [0.15, 0.2) is 0 Å². The van der Waals surface area contributed by atoms with Gasteiger partial charge in [-0.2, -0.15) is 5.26 Å². The van der Waals surface area contributed by atoms with E-state index in [1.54, 1.807) is 0 Å². The summed E-state index contributed by atoms with van der Waals surface area (Å²) in [6.07, 6.45) is 0. The van der Waals surface area contributed by atoms with Crippen LogP contribution in [0.15, 0.2) is 24.8 Å². The van der Waals surface area contributed by atoms with Crippen molar-refractivity contribution in [2.75, 3.05) is 0 Å². The first kappa shape index (κ1) is 8.55. The van der Waals surface area contributed by atoms with E-state index < -0.39 is 0 Å². The van der Waals surface area contributed by atoms with Crippen molar-refractivity contribution >= 4 is 5.57 Å². The average molecular weight is 157 g/mol. The van der Waals surface area contributed by atoms with Crippen molar-refractivity contribution in [2.24, 2.45) is 0 Å². The van der Waals surface area contributed by atoms with Gasteiger partial charge in [0.1, 0.15) is 0 Å². The summed E-state index contributed by atoms with van der Waals surface area (Å²) < 4.78 is 0. The van der Waals surface area contributed by atoms with Gasteiger partial charge < -0.3 is 0 Å². The van der Waals surface area contributed by atoms with Crippen LogP contribution in [0, 0.1) is 18.3 Å². The molecule has 0 aliphatic heterocycles. The summed E-state index contributed by atoms with van der Waals surface area (Å²) in [6, 6.07) is 7.75. The van der Waals surface area contributed by atoms with Crippen molar-refractivity contribution in [2.45, 2.75) is 13.8 Å². The van der Waals surface area contributed by atoms with Gasteiger partial charge in [-0.05, 0) is 37.1 Å². The third kappa shape index (κ3) is 1.54. The highest BCUT2D eigenvalue weighted by Crippen LogP contribution is 2.17. The zero-order valence-electron chi connectivity index (χ0n) is 7.39. The summed E-state index contributed by atoms with van der Waals surface area (Å²) in [7, 11) is 0. The standard InChI is InChI=1S/C11H11N/c1-8(2)11-6-10(7-12)5-4-9(11)3/h4-6H,1H2,2-3H3. The van der Waals surface area contributed by atoms with E-state index in [4.69, 9.17) is 5.26 Å². The molecule has 0 atom stereocenters. The largest absolute Gasteiger partial charge is 0.192 e. The SMILES string of the molecule is C=C(C)c1cc(C#N)ccc1C. The minimum atomic E-state index is 0.693. The zero-order chi connectivity index (χ0) is 9.14. The third-order valence-electron chi connectivity index (χ3n) is 1.83. The lowest BCUT2D eigenvalue weighted by Crippen LogP contribution is -1.86. The Bertz CT molecular complexity index is 356. The fourth-order valence-corrected chi connectivity index (χ4v) is 1.15. The van der Waals surface area contributed by atoms with Crippen LogP contribution < -0.4 is 0 Å². The van der Waals surface area contributed by atoms with Crippen LogP contribution in [0.4, 0.5) is 0 Å². The first-order chi connectivity index (χ1) is 5.65. The van der Waals surface area contributed by atoms with Crippen LogP contribution in [0.2, 0.25) is 0 Å². The van der Waals surface area contributed by atoms with Crippen molar-refractivity contribution in [1.29, 1.82) is 5.26 Å². The smallest absolute Gasteiger partial charge is 0.0991 e. The van der Waals surface area contributed by atoms with Gasteiger partial charge in [-0.15, -0.1) is 0 Å². The van der Waals surface area contributed by atoms with Crippen LogP contribution in [0.25, 0.3) is 5.57 Å². The van der Waals surface area contributed by atoms with E-state index in [1.807, 2.05) is 32.0 Å². The van der Waals surface area contributed by atoms with Crippen molar-refractivity contribution in [1.82, 2.24) is 0 Å². The molecule has 0 saturated carbocycles. The van der Waals surface area contributed by atoms with E-state index in [9.17, 15) is 0 Å². The number of rotatable bonds is 1. The van der Waals surface area contributed by atoms with E-state index in [1.165, 1.54) is 5.56 Å². The lowest BCUT2D eigenvalue weighted by molar-refractivity contribution is 1.38. The van der Waals surface area contributed by atoms with Crippen LogP contribution in [-0.4, -0.2) is 0 Å². The van der Waals surface area contributed by atoms with Gasteiger partial charge in [0.25, 0.3) is 0 Å². The number of hydrogen-bond donors (Lipinski definition) is 0. The average Bonchev–Trinajstić information content (AvgIpc) is 2.05. The van der Waals surface area contributed by atoms with Gasteiger partial charge in [-0.1, -0.05) is 18.2 Å². The molecule has 12 heavy (non-hydrogen) atoms. The Hall–Kier alpha value is -1.55. The predicted octanol–water partition coefficient (Wildman–Crippen LogP) is 2.90. The lowest BCUT2D eigenvalue weighted by Gasteiger charge is -2.04. The van der Waals surface area contributed by atoms with Gasteiger partial charge in [0.05, 0.1) is 11.6 Å². The summed E-state index contributed by atoms with van der Waals surface area (Å²) >= 11 is 0. The maximum absolute atomic E-state index is 8.66. The fraction of sp³-hybridized carbons (Fsp3) is 0.182. The maximum atomic E-state index is 8.66. The topological polar surface area (TPSA) is 23.8 Å². The second-order valence-corrected chi connectivity index (χ2v) is 2.92. The van der Waals surface area contributed by atoms with Crippen molar-refractivity contribution in [3.63, 3.8) is 0 Å². The molecule has 1 aromatic rings. The minimum Gasteiger partial charge on any atom is -0.192 e. The molecule has 0 fully saturated rings. The Morgan fingerprint density at radius 1 is 1.50 bits per heavy atom. The van der Waals surface area contributed by atoms with E-state index >= 15 is 0 Å². The van der Waals surface area contributed by atoms with Gasteiger partial charge in [-0.25, -0.2) is 0 Å². The molecule has 0 bridgehead atoms. The molecule has 0 amide bonds. The Morgan fingerprint density at radius 3 is 2.67 bits per heavy atom. The molecule has 1 heteroatoms. The number of allylic oxidation sites excluding steroid dienone is 1. The summed E-state index contributed by atoms with van der Waals surface area (Å²) in [5.74, 6) is 0. The normalized spacial score (nSPS) is 9.08. The second kappa shape index (κ2) is 3.23. The third-order valence-corrected chi connectivity index (χ3v) is 1.83. The molecule has 60 valence electrons. The van der Waals surface area contributed by atoms with Gasteiger partial charge in [0, 0.05) is 0 Å². The van der Waals surface area contributed by atoms with Crippen LogP contribution >= 0.6 is 0 Å². The zero-order valence-corrected chi connectivity index (χ0v) is 7.39.